The molecule has 0 bridgehead atoms. The van der Waals surface area contributed by atoms with Gasteiger partial charge in [0.2, 0.25) is 5.91 Å². The van der Waals surface area contributed by atoms with E-state index in [9.17, 15) is 9.59 Å². The molecule has 0 aromatic heterocycles. The molecule has 2 aliphatic rings. The summed E-state index contributed by atoms with van der Waals surface area (Å²) in [4.78, 5) is 25.5. The first-order valence-electron chi connectivity index (χ1n) is 7.11. The van der Waals surface area contributed by atoms with Gasteiger partial charge in [0.25, 0.3) is 5.91 Å². The van der Waals surface area contributed by atoms with Crippen molar-refractivity contribution in [3.8, 4) is 5.75 Å². The largest absolute Gasteiger partial charge is 0.488 e. The summed E-state index contributed by atoms with van der Waals surface area (Å²) in [5, 5.41) is 2.87. The third-order valence-corrected chi connectivity index (χ3v) is 3.58. The third-order valence-electron chi connectivity index (χ3n) is 3.58. The third kappa shape index (κ3) is 3.24. The highest BCUT2D eigenvalue weighted by Gasteiger charge is 2.25. The molecule has 0 saturated heterocycles. The van der Waals surface area contributed by atoms with Crippen molar-refractivity contribution in [1.29, 1.82) is 0 Å². The second kappa shape index (κ2) is 5.60. The summed E-state index contributed by atoms with van der Waals surface area (Å²) in [6.07, 6.45) is 3.91. The summed E-state index contributed by atoms with van der Waals surface area (Å²) in [5.41, 5.74) is 1.46. The highest BCUT2D eigenvalue weighted by atomic mass is 16.5. The Morgan fingerprint density at radius 1 is 1.33 bits per heavy atom. The van der Waals surface area contributed by atoms with Gasteiger partial charge >= 0.3 is 0 Å². The molecule has 1 fully saturated rings. The predicted molar refractivity (Wildman–Crippen MR) is 78.7 cm³/mol. The summed E-state index contributed by atoms with van der Waals surface area (Å²) >= 11 is 0. The number of fused-ring (bicyclic) bond motifs is 1. The normalized spacial score (nSPS) is 16.3. The first-order valence-corrected chi connectivity index (χ1v) is 7.11. The molecular formula is C16H18N2O3. The number of benzene rings is 1. The quantitative estimate of drug-likeness (QED) is 0.905. The number of nitrogens with zero attached hydrogens (tertiary/aromatic N) is 1. The number of ether oxygens (including phenoxy) is 1. The van der Waals surface area contributed by atoms with E-state index in [2.05, 4.69) is 5.32 Å². The Bertz CT molecular complexity index is 605. The average Bonchev–Trinajstić information content (AvgIpc) is 3.29. The van der Waals surface area contributed by atoms with Gasteiger partial charge in [-0.25, -0.2) is 0 Å². The van der Waals surface area contributed by atoms with Crippen molar-refractivity contribution in [2.24, 2.45) is 0 Å². The maximum absolute atomic E-state index is 12.3. The van der Waals surface area contributed by atoms with Gasteiger partial charge in [-0.05, 0) is 25.0 Å². The zero-order valence-corrected chi connectivity index (χ0v) is 12.0. The van der Waals surface area contributed by atoms with Crippen molar-refractivity contribution in [3.63, 3.8) is 0 Å². The monoisotopic (exact) mass is 286 g/mol. The van der Waals surface area contributed by atoms with Crippen LogP contribution in [-0.2, 0) is 9.59 Å². The van der Waals surface area contributed by atoms with Gasteiger partial charge < -0.3 is 15.0 Å². The Hall–Kier alpha value is -2.30. The lowest BCUT2D eigenvalue weighted by molar-refractivity contribution is -0.132. The van der Waals surface area contributed by atoms with Gasteiger partial charge in [-0.15, -0.1) is 0 Å². The molecule has 1 aromatic rings. The molecule has 110 valence electrons. The average molecular weight is 286 g/mol. The molecule has 5 nitrogen and oxygen atoms in total. The van der Waals surface area contributed by atoms with Crippen molar-refractivity contribution in [2.45, 2.75) is 18.9 Å². The van der Waals surface area contributed by atoms with Crippen LogP contribution in [-0.4, -0.2) is 43.0 Å². The van der Waals surface area contributed by atoms with Crippen LogP contribution in [0.15, 0.2) is 29.8 Å². The molecule has 0 unspecified atom stereocenters. The molecule has 3 rings (SSSR count). The number of para-hydroxylation sites is 1. The highest BCUT2D eigenvalue weighted by Crippen LogP contribution is 2.26. The van der Waals surface area contributed by atoms with Crippen LogP contribution < -0.4 is 10.1 Å². The lowest BCUT2D eigenvalue weighted by atomic mass is 10.1. The summed E-state index contributed by atoms with van der Waals surface area (Å²) in [5.74, 6) is 0.504. The van der Waals surface area contributed by atoms with Gasteiger partial charge in [0, 0.05) is 18.7 Å². The molecule has 0 spiro atoms. The van der Waals surface area contributed by atoms with E-state index in [1.807, 2.05) is 30.3 Å². The van der Waals surface area contributed by atoms with Crippen LogP contribution in [0.2, 0.25) is 0 Å². The molecule has 1 aliphatic heterocycles. The van der Waals surface area contributed by atoms with Crippen LogP contribution in [0.25, 0.3) is 6.08 Å². The van der Waals surface area contributed by atoms with Crippen LogP contribution in [0.1, 0.15) is 18.4 Å². The number of hydrogen-bond acceptors (Lipinski definition) is 3. The minimum absolute atomic E-state index is 0.0777. The van der Waals surface area contributed by atoms with Crippen molar-refractivity contribution < 1.29 is 14.3 Å². The van der Waals surface area contributed by atoms with Gasteiger partial charge in [-0.3, -0.25) is 9.59 Å². The molecule has 21 heavy (non-hydrogen) atoms. The van der Waals surface area contributed by atoms with E-state index in [-0.39, 0.29) is 25.0 Å². The first-order chi connectivity index (χ1) is 10.1. The Morgan fingerprint density at radius 3 is 2.86 bits per heavy atom. The second-order valence-electron chi connectivity index (χ2n) is 5.50. The molecule has 1 aromatic carbocycles. The van der Waals surface area contributed by atoms with Gasteiger partial charge in [0.15, 0.2) is 0 Å². The molecule has 0 radical (unpaired) electrons. The Balaban J connectivity index is 1.64. The first kappa shape index (κ1) is 13.7. The molecular weight excluding hydrogens is 268 g/mol. The Labute approximate surface area is 123 Å². The van der Waals surface area contributed by atoms with Gasteiger partial charge in [0.05, 0.1) is 12.1 Å². The number of carbonyl (C=O) groups excluding carboxylic acids is 2. The number of rotatable bonds is 4. The zero-order valence-electron chi connectivity index (χ0n) is 12.0. The summed E-state index contributed by atoms with van der Waals surface area (Å²) in [6, 6.07) is 7.89. The second-order valence-corrected chi connectivity index (χ2v) is 5.50. The van der Waals surface area contributed by atoms with Gasteiger partial charge in [0.1, 0.15) is 12.4 Å². The van der Waals surface area contributed by atoms with E-state index < -0.39 is 0 Å². The van der Waals surface area contributed by atoms with E-state index in [0.717, 1.165) is 24.2 Å². The fourth-order valence-corrected chi connectivity index (χ4v) is 2.27. The molecule has 5 heteroatoms. The van der Waals surface area contributed by atoms with Gasteiger partial charge in [-0.1, -0.05) is 18.2 Å². The number of likely N-dealkylation sites (N-methyl/N-ethyl adjacent to an activating group) is 1. The highest BCUT2D eigenvalue weighted by molar-refractivity contribution is 6.00. The molecule has 1 saturated carbocycles. The lowest BCUT2D eigenvalue weighted by Gasteiger charge is -2.22. The topological polar surface area (TPSA) is 58.6 Å². The summed E-state index contributed by atoms with van der Waals surface area (Å²) in [7, 11) is 1.64. The van der Waals surface area contributed by atoms with Crippen molar-refractivity contribution >= 4 is 17.9 Å². The maximum Gasteiger partial charge on any atom is 0.253 e. The Morgan fingerprint density at radius 2 is 2.10 bits per heavy atom. The standard InChI is InChI=1S/C16H18N2O3/c1-18(9-15(19)17-13-6-7-13)16(20)12-8-11-4-2-3-5-14(11)21-10-12/h2-5,8,13H,6-7,9-10H2,1H3,(H,17,19). The van der Waals surface area contributed by atoms with Crippen LogP contribution >= 0.6 is 0 Å². The van der Waals surface area contributed by atoms with Crippen molar-refractivity contribution in [3.05, 3.63) is 35.4 Å². The molecule has 2 amide bonds. The van der Waals surface area contributed by atoms with Crippen LogP contribution in [0.3, 0.4) is 0 Å². The van der Waals surface area contributed by atoms with E-state index >= 15 is 0 Å². The maximum atomic E-state index is 12.3. The Kier molecular flexibility index (Phi) is 3.64. The lowest BCUT2D eigenvalue weighted by Crippen LogP contribution is -2.40. The smallest absolute Gasteiger partial charge is 0.253 e. The summed E-state index contributed by atoms with van der Waals surface area (Å²) in [6.45, 7) is 0.318. The molecule has 1 N–H and O–H groups in total. The zero-order chi connectivity index (χ0) is 14.8. The number of carbonyl (C=O) groups is 2. The number of nitrogens with one attached hydrogen (secondary N) is 1. The van der Waals surface area contributed by atoms with Crippen LogP contribution in [0, 0.1) is 0 Å². The van der Waals surface area contributed by atoms with Crippen molar-refractivity contribution in [1.82, 2.24) is 10.2 Å². The molecule has 1 heterocycles. The number of hydrogen-bond donors (Lipinski definition) is 1. The van der Waals surface area contributed by atoms with E-state index in [1.54, 1.807) is 7.05 Å². The van der Waals surface area contributed by atoms with Crippen LogP contribution in [0.4, 0.5) is 0 Å². The molecule has 0 atom stereocenters. The summed E-state index contributed by atoms with van der Waals surface area (Å²) < 4.78 is 5.57. The van der Waals surface area contributed by atoms with Crippen molar-refractivity contribution in [2.75, 3.05) is 20.2 Å². The fourth-order valence-electron chi connectivity index (χ4n) is 2.27. The number of amides is 2. The van der Waals surface area contributed by atoms with Crippen LogP contribution in [0.5, 0.6) is 5.75 Å². The predicted octanol–water partition coefficient (Wildman–Crippen LogP) is 1.20. The SMILES string of the molecule is CN(CC(=O)NC1CC1)C(=O)C1=Cc2ccccc2OC1. The fraction of sp³-hybridized carbons (Fsp3) is 0.375. The van der Waals surface area contributed by atoms with E-state index in [4.69, 9.17) is 4.74 Å². The molecule has 1 aliphatic carbocycles. The minimum atomic E-state index is -0.171. The van der Waals surface area contributed by atoms with E-state index in [1.165, 1.54) is 4.90 Å². The van der Waals surface area contributed by atoms with Gasteiger partial charge in [-0.2, -0.15) is 0 Å². The minimum Gasteiger partial charge on any atom is -0.488 e. The van der Waals surface area contributed by atoms with E-state index in [0.29, 0.717) is 11.6 Å².